The summed E-state index contributed by atoms with van der Waals surface area (Å²) in [5, 5.41) is 0. The van der Waals surface area contributed by atoms with Gasteiger partial charge in [0.2, 0.25) is 0 Å². The molecule has 2 aromatic rings. The van der Waals surface area contributed by atoms with Crippen LogP contribution in [0.1, 0.15) is 23.5 Å². The largest absolute Gasteiger partial charge is 0.497 e. The molecule has 5 nitrogen and oxygen atoms in total. The zero-order valence-corrected chi connectivity index (χ0v) is 15.4. The van der Waals surface area contributed by atoms with Crippen molar-refractivity contribution in [1.29, 1.82) is 0 Å². The van der Waals surface area contributed by atoms with Gasteiger partial charge in [0, 0.05) is 24.6 Å². The predicted molar refractivity (Wildman–Crippen MR) is 99.6 cm³/mol. The number of benzene rings is 2. The van der Waals surface area contributed by atoms with E-state index in [1.807, 2.05) is 18.2 Å². The molecule has 0 aromatic heterocycles. The van der Waals surface area contributed by atoms with Crippen molar-refractivity contribution in [3.63, 3.8) is 0 Å². The van der Waals surface area contributed by atoms with Gasteiger partial charge in [0.25, 0.3) is 0 Å². The van der Waals surface area contributed by atoms with Crippen LogP contribution >= 0.6 is 0 Å². The summed E-state index contributed by atoms with van der Waals surface area (Å²) in [5.74, 6) is 3.99. The second-order valence-corrected chi connectivity index (χ2v) is 6.81. The van der Waals surface area contributed by atoms with Gasteiger partial charge in [-0.05, 0) is 48.9 Å². The van der Waals surface area contributed by atoms with E-state index in [0.717, 1.165) is 49.1 Å². The molecule has 0 amide bonds. The van der Waals surface area contributed by atoms with Crippen molar-refractivity contribution in [2.24, 2.45) is 0 Å². The lowest BCUT2D eigenvalue weighted by atomic mass is 9.97. The van der Waals surface area contributed by atoms with Gasteiger partial charge in [-0.2, -0.15) is 0 Å². The van der Waals surface area contributed by atoms with Crippen molar-refractivity contribution in [3.05, 3.63) is 47.5 Å². The average molecular weight is 355 g/mol. The Balaban J connectivity index is 1.46. The second kappa shape index (κ2) is 7.46. The average Bonchev–Trinajstić information content (AvgIpc) is 3.15. The highest BCUT2D eigenvalue weighted by molar-refractivity contribution is 5.44. The number of likely N-dealkylation sites (tertiary alicyclic amines) is 1. The number of fused-ring (bicyclic) bond motifs is 1. The van der Waals surface area contributed by atoms with Crippen LogP contribution in [0.2, 0.25) is 0 Å². The Bertz CT molecular complexity index is 777. The van der Waals surface area contributed by atoms with Crippen molar-refractivity contribution in [2.75, 3.05) is 40.5 Å². The number of methoxy groups -OCH3 is 2. The van der Waals surface area contributed by atoms with Crippen LogP contribution in [-0.4, -0.2) is 45.4 Å². The summed E-state index contributed by atoms with van der Waals surface area (Å²) in [5.41, 5.74) is 2.49. The lowest BCUT2D eigenvalue weighted by Crippen LogP contribution is -2.20. The number of hydrogen-bond acceptors (Lipinski definition) is 5. The summed E-state index contributed by atoms with van der Waals surface area (Å²) in [6.07, 6.45) is 1.12. The molecule has 0 saturated carbocycles. The highest BCUT2D eigenvalue weighted by atomic mass is 16.6. The molecule has 1 saturated heterocycles. The van der Waals surface area contributed by atoms with E-state index in [1.165, 1.54) is 11.1 Å². The summed E-state index contributed by atoms with van der Waals surface area (Å²) in [7, 11) is 3.43. The fourth-order valence-corrected chi connectivity index (χ4v) is 3.83. The standard InChI is InChI=1S/C21H25NO4/c1-23-17-4-6-19(24-2)18(12-17)16-7-8-22(14-16)13-15-3-5-20-21(11-15)26-10-9-25-20/h3-6,11-12,16H,7-10,13-14H2,1-2H3. The van der Waals surface area contributed by atoms with Crippen molar-refractivity contribution >= 4 is 0 Å². The quantitative estimate of drug-likeness (QED) is 0.821. The molecule has 2 aliphatic rings. The van der Waals surface area contributed by atoms with Crippen LogP contribution in [0.5, 0.6) is 23.0 Å². The first-order chi connectivity index (χ1) is 12.8. The number of hydrogen-bond donors (Lipinski definition) is 0. The van der Waals surface area contributed by atoms with Crippen LogP contribution in [0.25, 0.3) is 0 Å². The number of nitrogens with zero attached hydrogens (tertiary/aromatic N) is 1. The Morgan fingerprint density at radius 1 is 1.00 bits per heavy atom. The molecule has 0 aliphatic carbocycles. The van der Waals surface area contributed by atoms with E-state index in [2.05, 4.69) is 23.1 Å². The number of ether oxygens (including phenoxy) is 4. The maximum atomic E-state index is 5.70. The van der Waals surface area contributed by atoms with Gasteiger partial charge in [-0.3, -0.25) is 4.90 Å². The van der Waals surface area contributed by atoms with Crippen molar-refractivity contribution in [1.82, 2.24) is 4.90 Å². The lowest BCUT2D eigenvalue weighted by molar-refractivity contribution is 0.171. The highest BCUT2D eigenvalue weighted by Crippen LogP contribution is 2.37. The van der Waals surface area contributed by atoms with Gasteiger partial charge in [0.05, 0.1) is 14.2 Å². The Kier molecular flexibility index (Phi) is 4.89. The fourth-order valence-electron chi connectivity index (χ4n) is 3.83. The molecule has 1 fully saturated rings. The summed E-state index contributed by atoms with van der Waals surface area (Å²) in [4.78, 5) is 2.48. The SMILES string of the molecule is COc1ccc(OC)c(C2CCN(Cc3ccc4c(c3)OCCO4)C2)c1. The third-order valence-corrected chi connectivity index (χ3v) is 5.16. The van der Waals surface area contributed by atoms with Crippen LogP contribution in [0.3, 0.4) is 0 Å². The van der Waals surface area contributed by atoms with Crippen LogP contribution in [0.15, 0.2) is 36.4 Å². The van der Waals surface area contributed by atoms with E-state index < -0.39 is 0 Å². The van der Waals surface area contributed by atoms with Crippen LogP contribution in [0.4, 0.5) is 0 Å². The lowest BCUT2D eigenvalue weighted by Gasteiger charge is -2.21. The summed E-state index contributed by atoms with van der Waals surface area (Å²) in [6, 6.07) is 12.3. The maximum Gasteiger partial charge on any atom is 0.161 e. The Labute approximate surface area is 154 Å². The van der Waals surface area contributed by atoms with Gasteiger partial charge in [0.1, 0.15) is 24.7 Å². The normalized spacial score (nSPS) is 19.4. The minimum absolute atomic E-state index is 0.456. The molecule has 2 aliphatic heterocycles. The minimum Gasteiger partial charge on any atom is -0.497 e. The van der Waals surface area contributed by atoms with Crippen LogP contribution in [-0.2, 0) is 6.54 Å². The van der Waals surface area contributed by atoms with Crippen molar-refractivity contribution < 1.29 is 18.9 Å². The fraction of sp³-hybridized carbons (Fsp3) is 0.429. The molecular formula is C21H25NO4. The zero-order chi connectivity index (χ0) is 17.9. The monoisotopic (exact) mass is 355 g/mol. The summed E-state index contributed by atoms with van der Waals surface area (Å²) in [6.45, 7) is 4.25. The van der Waals surface area contributed by atoms with E-state index in [9.17, 15) is 0 Å². The molecule has 0 spiro atoms. The van der Waals surface area contributed by atoms with Gasteiger partial charge >= 0.3 is 0 Å². The van der Waals surface area contributed by atoms with Crippen LogP contribution < -0.4 is 18.9 Å². The second-order valence-electron chi connectivity index (χ2n) is 6.81. The summed E-state index contributed by atoms with van der Waals surface area (Å²) < 4.78 is 22.3. The molecule has 2 heterocycles. The molecular weight excluding hydrogens is 330 g/mol. The molecule has 5 heteroatoms. The molecule has 1 atom stereocenters. The highest BCUT2D eigenvalue weighted by Gasteiger charge is 2.27. The topological polar surface area (TPSA) is 40.2 Å². The van der Waals surface area contributed by atoms with E-state index in [4.69, 9.17) is 18.9 Å². The molecule has 0 bridgehead atoms. The zero-order valence-electron chi connectivity index (χ0n) is 15.4. The number of rotatable bonds is 5. The van der Waals surface area contributed by atoms with Gasteiger partial charge in [-0.25, -0.2) is 0 Å². The van der Waals surface area contributed by atoms with Crippen molar-refractivity contribution in [3.8, 4) is 23.0 Å². The molecule has 26 heavy (non-hydrogen) atoms. The molecule has 0 radical (unpaired) electrons. The van der Waals surface area contributed by atoms with Gasteiger partial charge in [-0.1, -0.05) is 6.07 Å². The first kappa shape index (κ1) is 17.0. The molecule has 2 aromatic carbocycles. The van der Waals surface area contributed by atoms with Gasteiger partial charge in [-0.15, -0.1) is 0 Å². The van der Waals surface area contributed by atoms with Gasteiger partial charge in [0.15, 0.2) is 11.5 Å². The first-order valence-corrected chi connectivity index (χ1v) is 9.09. The third-order valence-electron chi connectivity index (χ3n) is 5.16. The van der Waals surface area contributed by atoms with E-state index in [1.54, 1.807) is 14.2 Å². The molecule has 0 N–H and O–H groups in total. The van der Waals surface area contributed by atoms with Crippen molar-refractivity contribution in [2.45, 2.75) is 18.9 Å². The minimum atomic E-state index is 0.456. The van der Waals surface area contributed by atoms with Crippen LogP contribution in [0, 0.1) is 0 Å². The van der Waals surface area contributed by atoms with Gasteiger partial charge < -0.3 is 18.9 Å². The Morgan fingerprint density at radius 3 is 2.65 bits per heavy atom. The smallest absolute Gasteiger partial charge is 0.161 e. The summed E-state index contributed by atoms with van der Waals surface area (Å²) >= 11 is 0. The van der Waals surface area contributed by atoms with E-state index in [0.29, 0.717) is 19.1 Å². The van der Waals surface area contributed by atoms with E-state index >= 15 is 0 Å². The first-order valence-electron chi connectivity index (χ1n) is 9.09. The third kappa shape index (κ3) is 3.44. The molecule has 138 valence electrons. The maximum absolute atomic E-state index is 5.70. The Hall–Kier alpha value is -2.40. The predicted octanol–water partition coefficient (Wildman–Crippen LogP) is 3.46. The molecule has 4 rings (SSSR count). The molecule has 1 unspecified atom stereocenters. The van der Waals surface area contributed by atoms with E-state index in [-0.39, 0.29) is 0 Å². The Morgan fingerprint density at radius 2 is 1.85 bits per heavy atom.